The second-order valence-corrected chi connectivity index (χ2v) is 6.32. The van der Waals surface area contributed by atoms with E-state index < -0.39 is 5.97 Å². The van der Waals surface area contributed by atoms with Gasteiger partial charge in [-0.25, -0.2) is 9.59 Å². The average Bonchev–Trinajstić information content (AvgIpc) is 2.60. The summed E-state index contributed by atoms with van der Waals surface area (Å²) in [5, 5.41) is 11.7. The zero-order valence-corrected chi connectivity index (χ0v) is 12.6. The first-order valence-corrected chi connectivity index (χ1v) is 7.27. The smallest absolute Gasteiger partial charge is 0.335 e. The molecule has 114 valence electrons. The highest BCUT2D eigenvalue weighted by Crippen LogP contribution is 2.29. The van der Waals surface area contributed by atoms with Crippen molar-refractivity contribution in [2.24, 2.45) is 5.41 Å². The molecule has 1 saturated heterocycles. The molecule has 0 bridgehead atoms. The summed E-state index contributed by atoms with van der Waals surface area (Å²) in [6.45, 7) is 5.99. The molecule has 1 aliphatic rings. The van der Waals surface area contributed by atoms with Crippen molar-refractivity contribution in [1.82, 2.24) is 4.90 Å². The van der Waals surface area contributed by atoms with E-state index >= 15 is 0 Å². The molecule has 5 nitrogen and oxygen atoms in total. The van der Waals surface area contributed by atoms with E-state index in [0.717, 1.165) is 32.4 Å². The molecule has 5 heteroatoms. The van der Waals surface area contributed by atoms with Gasteiger partial charge in [-0.1, -0.05) is 13.8 Å². The van der Waals surface area contributed by atoms with E-state index in [2.05, 4.69) is 19.2 Å². The van der Waals surface area contributed by atoms with Crippen LogP contribution in [0, 0.1) is 5.41 Å². The minimum atomic E-state index is -0.970. The number of nitrogens with one attached hydrogen (secondary N) is 1. The Morgan fingerprint density at radius 2 is 1.81 bits per heavy atom. The number of carboxylic acids is 1. The number of carbonyl (C=O) groups excluding carboxylic acids is 1. The lowest BCUT2D eigenvalue weighted by Crippen LogP contribution is -2.36. The van der Waals surface area contributed by atoms with Crippen molar-refractivity contribution in [3.05, 3.63) is 29.8 Å². The van der Waals surface area contributed by atoms with Gasteiger partial charge < -0.3 is 15.3 Å². The lowest BCUT2D eigenvalue weighted by Gasteiger charge is -2.23. The Hall–Kier alpha value is -2.04. The maximum absolute atomic E-state index is 12.2. The fourth-order valence-corrected chi connectivity index (χ4v) is 2.52. The van der Waals surface area contributed by atoms with E-state index in [1.807, 2.05) is 4.90 Å². The number of hydrogen-bond donors (Lipinski definition) is 2. The van der Waals surface area contributed by atoms with Crippen molar-refractivity contribution < 1.29 is 14.7 Å². The molecule has 1 fully saturated rings. The van der Waals surface area contributed by atoms with Crippen molar-refractivity contribution in [2.45, 2.75) is 33.1 Å². The number of anilines is 1. The normalized spacial score (nSPS) is 17.9. The SMILES string of the molecule is CC1(C)CCCN(C(=O)Nc2ccc(C(=O)O)cc2)CC1. The molecule has 1 aliphatic heterocycles. The molecule has 2 N–H and O–H groups in total. The predicted octanol–water partition coefficient (Wildman–Crippen LogP) is 3.43. The molecule has 0 aromatic heterocycles. The lowest BCUT2D eigenvalue weighted by atomic mass is 9.85. The molecule has 0 aliphatic carbocycles. The van der Waals surface area contributed by atoms with Gasteiger partial charge in [0, 0.05) is 18.8 Å². The summed E-state index contributed by atoms with van der Waals surface area (Å²) in [6, 6.07) is 6.09. The maximum Gasteiger partial charge on any atom is 0.335 e. The number of carbonyl (C=O) groups is 2. The third-order valence-corrected chi connectivity index (χ3v) is 4.01. The Labute approximate surface area is 125 Å². The molecule has 0 spiro atoms. The van der Waals surface area contributed by atoms with Gasteiger partial charge in [-0.3, -0.25) is 0 Å². The first-order chi connectivity index (χ1) is 9.87. The largest absolute Gasteiger partial charge is 0.478 e. The van der Waals surface area contributed by atoms with Crippen LogP contribution in [0.3, 0.4) is 0 Å². The molecule has 0 saturated carbocycles. The third-order valence-electron chi connectivity index (χ3n) is 4.01. The van der Waals surface area contributed by atoms with E-state index in [1.54, 1.807) is 12.1 Å². The van der Waals surface area contributed by atoms with Gasteiger partial charge in [0.2, 0.25) is 0 Å². The number of urea groups is 1. The Bertz CT molecular complexity index is 523. The fraction of sp³-hybridized carbons (Fsp3) is 0.500. The van der Waals surface area contributed by atoms with E-state index in [-0.39, 0.29) is 17.0 Å². The quantitative estimate of drug-likeness (QED) is 0.876. The van der Waals surface area contributed by atoms with Gasteiger partial charge in [0.1, 0.15) is 0 Å². The summed E-state index contributed by atoms with van der Waals surface area (Å²) >= 11 is 0. The van der Waals surface area contributed by atoms with E-state index in [0.29, 0.717) is 5.69 Å². The van der Waals surface area contributed by atoms with Crippen molar-refractivity contribution in [1.29, 1.82) is 0 Å². The minimum Gasteiger partial charge on any atom is -0.478 e. The van der Waals surface area contributed by atoms with Crippen LogP contribution in [0.25, 0.3) is 0 Å². The van der Waals surface area contributed by atoms with Crippen LogP contribution < -0.4 is 5.32 Å². The zero-order valence-electron chi connectivity index (χ0n) is 12.6. The molecule has 0 atom stereocenters. The predicted molar refractivity (Wildman–Crippen MR) is 81.6 cm³/mol. The fourth-order valence-electron chi connectivity index (χ4n) is 2.52. The summed E-state index contributed by atoms with van der Waals surface area (Å²) < 4.78 is 0. The molecule has 1 aromatic rings. The first kappa shape index (κ1) is 15.4. The van der Waals surface area contributed by atoms with Crippen LogP contribution in [0.5, 0.6) is 0 Å². The average molecular weight is 290 g/mol. The number of hydrogen-bond acceptors (Lipinski definition) is 2. The van der Waals surface area contributed by atoms with Crippen molar-refractivity contribution >= 4 is 17.7 Å². The number of rotatable bonds is 2. The summed E-state index contributed by atoms with van der Waals surface area (Å²) in [7, 11) is 0. The molecular weight excluding hydrogens is 268 g/mol. The number of nitrogens with zero attached hydrogens (tertiary/aromatic N) is 1. The van der Waals surface area contributed by atoms with Crippen LogP contribution in [0.2, 0.25) is 0 Å². The summed E-state index contributed by atoms with van der Waals surface area (Å²) in [5.41, 5.74) is 1.12. The van der Waals surface area contributed by atoms with Gasteiger partial charge in [-0.15, -0.1) is 0 Å². The highest BCUT2D eigenvalue weighted by molar-refractivity contribution is 5.91. The van der Waals surface area contributed by atoms with Crippen molar-refractivity contribution in [2.75, 3.05) is 18.4 Å². The van der Waals surface area contributed by atoms with E-state index in [4.69, 9.17) is 5.11 Å². The summed E-state index contributed by atoms with van der Waals surface area (Å²) in [4.78, 5) is 24.9. The third kappa shape index (κ3) is 4.21. The van der Waals surface area contributed by atoms with Gasteiger partial charge >= 0.3 is 12.0 Å². The minimum absolute atomic E-state index is 0.115. The Morgan fingerprint density at radius 1 is 1.14 bits per heavy atom. The maximum atomic E-state index is 12.2. The van der Waals surface area contributed by atoms with Gasteiger partial charge in [0.25, 0.3) is 0 Å². The lowest BCUT2D eigenvalue weighted by molar-refractivity contribution is 0.0697. The zero-order chi connectivity index (χ0) is 15.5. The van der Waals surface area contributed by atoms with Gasteiger partial charge in [-0.2, -0.15) is 0 Å². The van der Waals surface area contributed by atoms with Gasteiger partial charge in [-0.05, 0) is 48.9 Å². The highest BCUT2D eigenvalue weighted by atomic mass is 16.4. The molecular formula is C16H22N2O3. The standard InChI is InChI=1S/C16H22N2O3/c1-16(2)8-3-10-18(11-9-16)15(21)17-13-6-4-12(5-7-13)14(19)20/h4-7H,3,8-11H2,1-2H3,(H,17,21)(H,19,20). The molecule has 2 rings (SSSR count). The van der Waals surface area contributed by atoms with Crippen LogP contribution in [0.1, 0.15) is 43.5 Å². The topological polar surface area (TPSA) is 69.6 Å². The molecule has 0 unspecified atom stereocenters. The number of carboxylic acid groups (broad SMARTS) is 1. The van der Waals surface area contributed by atoms with Crippen LogP contribution in [-0.2, 0) is 0 Å². The molecule has 0 radical (unpaired) electrons. The number of benzene rings is 1. The molecule has 2 amide bonds. The van der Waals surface area contributed by atoms with Crippen LogP contribution in [-0.4, -0.2) is 35.1 Å². The summed E-state index contributed by atoms with van der Waals surface area (Å²) in [5.74, 6) is -0.970. The van der Waals surface area contributed by atoms with Gasteiger partial charge in [0.05, 0.1) is 5.56 Å². The second-order valence-electron chi connectivity index (χ2n) is 6.32. The van der Waals surface area contributed by atoms with E-state index in [1.165, 1.54) is 12.1 Å². The van der Waals surface area contributed by atoms with Crippen molar-refractivity contribution in [3.63, 3.8) is 0 Å². The molecule has 21 heavy (non-hydrogen) atoms. The number of likely N-dealkylation sites (tertiary alicyclic amines) is 1. The van der Waals surface area contributed by atoms with E-state index in [9.17, 15) is 9.59 Å². The van der Waals surface area contributed by atoms with Crippen molar-refractivity contribution in [3.8, 4) is 0 Å². The Balaban J connectivity index is 1.96. The Morgan fingerprint density at radius 3 is 2.43 bits per heavy atom. The molecule has 1 aromatic carbocycles. The van der Waals surface area contributed by atoms with Crippen LogP contribution >= 0.6 is 0 Å². The molecule has 1 heterocycles. The van der Waals surface area contributed by atoms with Crippen LogP contribution in [0.15, 0.2) is 24.3 Å². The van der Waals surface area contributed by atoms with Gasteiger partial charge in [0.15, 0.2) is 0 Å². The second kappa shape index (κ2) is 6.16. The highest BCUT2D eigenvalue weighted by Gasteiger charge is 2.25. The first-order valence-electron chi connectivity index (χ1n) is 7.27. The monoisotopic (exact) mass is 290 g/mol. The number of amides is 2. The summed E-state index contributed by atoms with van der Waals surface area (Å²) in [6.07, 6.45) is 3.14. The Kier molecular flexibility index (Phi) is 4.50. The van der Waals surface area contributed by atoms with Crippen LogP contribution in [0.4, 0.5) is 10.5 Å². The number of aromatic carboxylic acids is 1.